The zero-order valence-electron chi connectivity index (χ0n) is 14.4. The maximum atomic E-state index is 9.64. The Hall–Kier alpha value is -1.72. The normalized spacial score (nSPS) is 21.3. The molecule has 4 nitrogen and oxygen atoms in total. The summed E-state index contributed by atoms with van der Waals surface area (Å²) in [7, 11) is 0. The van der Waals surface area contributed by atoms with Crippen LogP contribution in [0, 0.1) is 0 Å². The van der Waals surface area contributed by atoms with Gasteiger partial charge in [-0.3, -0.25) is 0 Å². The molecule has 0 spiro atoms. The molecule has 25 heavy (non-hydrogen) atoms. The molecule has 0 saturated carbocycles. The van der Waals surface area contributed by atoms with Gasteiger partial charge in [-0.15, -0.1) is 0 Å². The Bertz CT molecular complexity index is 602. The lowest BCUT2D eigenvalue weighted by Gasteiger charge is -2.22. The highest BCUT2D eigenvalue weighted by molar-refractivity contribution is 5.14. The van der Waals surface area contributed by atoms with Crippen molar-refractivity contribution in [2.24, 2.45) is 0 Å². The first-order chi connectivity index (χ1) is 12.3. The molecule has 0 amide bonds. The molecular weight excluding hydrogens is 316 g/mol. The number of rotatable bonds is 9. The molecule has 0 unspecified atom stereocenters. The molecule has 1 aliphatic heterocycles. The lowest BCUT2D eigenvalue weighted by atomic mass is 10.1. The third-order valence-electron chi connectivity index (χ3n) is 4.46. The van der Waals surface area contributed by atoms with Gasteiger partial charge in [0.25, 0.3) is 0 Å². The van der Waals surface area contributed by atoms with Crippen molar-refractivity contribution in [3.63, 3.8) is 0 Å². The SMILES string of the molecule is OC[C@@H](OCc1ccccc1)[C@H]1CC[C@H](COCc2ccccc2)O1. The van der Waals surface area contributed by atoms with E-state index in [2.05, 4.69) is 12.1 Å². The molecule has 0 aliphatic carbocycles. The zero-order valence-corrected chi connectivity index (χ0v) is 14.4. The van der Waals surface area contributed by atoms with Crippen LogP contribution in [0.1, 0.15) is 24.0 Å². The molecule has 2 aromatic rings. The van der Waals surface area contributed by atoms with Crippen molar-refractivity contribution in [3.05, 3.63) is 71.8 Å². The molecule has 0 aromatic heterocycles. The van der Waals surface area contributed by atoms with Crippen molar-refractivity contribution in [3.8, 4) is 0 Å². The zero-order chi connectivity index (χ0) is 17.3. The summed E-state index contributed by atoms with van der Waals surface area (Å²) in [4.78, 5) is 0. The third-order valence-corrected chi connectivity index (χ3v) is 4.46. The molecule has 4 heteroatoms. The highest BCUT2D eigenvalue weighted by Crippen LogP contribution is 2.25. The summed E-state index contributed by atoms with van der Waals surface area (Å²) in [6.07, 6.45) is 1.53. The van der Waals surface area contributed by atoms with Gasteiger partial charge in [-0.1, -0.05) is 60.7 Å². The minimum atomic E-state index is -0.292. The van der Waals surface area contributed by atoms with E-state index in [1.165, 1.54) is 0 Å². The molecule has 0 radical (unpaired) electrons. The van der Waals surface area contributed by atoms with Crippen molar-refractivity contribution in [2.75, 3.05) is 13.2 Å². The Kier molecular flexibility index (Phi) is 7.00. The van der Waals surface area contributed by atoms with Gasteiger partial charge in [0.2, 0.25) is 0 Å². The van der Waals surface area contributed by atoms with Gasteiger partial charge >= 0.3 is 0 Å². The largest absolute Gasteiger partial charge is 0.394 e. The standard InChI is InChI=1S/C21H26O4/c22-13-21(24-15-18-9-5-2-6-10-18)20-12-11-19(25-20)16-23-14-17-7-3-1-4-8-17/h1-10,19-22H,11-16H2/t19-,20-,21-/m1/s1. The van der Waals surface area contributed by atoms with E-state index in [0.717, 1.165) is 24.0 Å². The summed E-state index contributed by atoms with van der Waals surface area (Å²) in [5.74, 6) is 0. The van der Waals surface area contributed by atoms with Crippen molar-refractivity contribution in [1.29, 1.82) is 0 Å². The van der Waals surface area contributed by atoms with E-state index in [0.29, 0.717) is 19.8 Å². The van der Waals surface area contributed by atoms with Crippen LogP contribution in [0.4, 0.5) is 0 Å². The number of aliphatic hydroxyl groups excluding tert-OH is 1. The van der Waals surface area contributed by atoms with Crippen LogP contribution in [0.2, 0.25) is 0 Å². The predicted octanol–water partition coefficient (Wildman–Crippen LogP) is 3.33. The first-order valence-corrected chi connectivity index (χ1v) is 8.88. The minimum Gasteiger partial charge on any atom is -0.394 e. The van der Waals surface area contributed by atoms with Crippen LogP contribution in [0.15, 0.2) is 60.7 Å². The monoisotopic (exact) mass is 342 g/mol. The van der Waals surface area contributed by atoms with Crippen LogP contribution in [0.5, 0.6) is 0 Å². The Balaban J connectivity index is 1.39. The van der Waals surface area contributed by atoms with Crippen molar-refractivity contribution < 1.29 is 19.3 Å². The molecule has 3 atom stereocenters. The smallest absolute Gasteiger partial charge is 0.107 e. The maximum Gasteiger partial charge on any atom is 0.107 e. The average Bonchev–Trinajstić information content (AvgIpc) is 3.13. The molecule has 1 aliphatic rings. The molecule has 1 saturated heterocycles. The van der Waals surface area contributed by atoms with Gasteiger partial charge in [0.1, 0.15) is 6.10 Å². The topological polar surface area (TPSA) is 47.9 Å². The molecule has 0 bridgehead atoms. The molecule has 3 rings (SSSR count). The Labute approximate surface area is 149 Å². The number of aliphatic hydroxyl groups is 1. The minimum absolute atomic E-state index is 0.0326. The summed E-state index contributed by atoms with van der Waals surface area (Å²) in [6.45, 7) is 1.62. The van der Waals surface area contributed by atoms with Gasteiger partial charge < -0.3 is 19.3 Å². The van der Waals surface area contributed by atoms with Crippen molar-refractivity contribution in [1.82, 2.24) is 0 Å². The maximum absolute atomic E-state index is 9.64. The molecule has 1 heterocycles. The van der Waals surface area contributed by atoms with E-state index in [1.807, 2.05) is 48.5 Å². The second kappa shape index (κ2) is 9.68. The molecular formula is C21H26O4. The Morgan fingerprint density at radius 3 is 2.20 bits per heavy atom. The van der Waals surface area contributed by atoms with E-state index in [9.17, 15) is 5.11 Å². The van der Waals surface area contributed by atoms with Gasteiger partial charge in [-0.25, -0.2) is 0 Å². The van der Waals surface area contributed by atoms with E-state index in [-0.39, 0.29) is 24.9 Å². The van der Waals surface area contributed by atoms with Crippen molar-refractivity contribution in [2.45, 2.75) is 44.4 Å². The van der Waals surface area contributed by atoms with Crippen molar-refractivity contribution >= 4 is 0 Å². The fourth-order valence-electron chi connectivity index (χ4n) is 3.07. The highest BCUT2D eigenvalue weighted by atomic mass is 16.6. The fourth-order valence-corrected chi connectivity index (χ4v) is 3.07. The van der Waals surface area contributed by atoms with Gasteiger partial charge in [0.05, 0.1) is 38.6 Å². The van der Waals surface area contributed by atoms with Gasteiger partial charge in [-0.2, -0.15) is 0 Å². The first-order valence-electron chi connectivity index (χ1n) is 8.88. The summed E-state index contributed by atoms with van der Waals surface area (Å²) >= 11 is 0. The lowest BCUT2D eigenvalue weighted by Crippen LogP contribution is -2.33. The number of hydrogen-bond donors (Lipinski definition) is 1. The number of hydrogen-bond acceptors (Lipinski definition) is 4. The highest BCUT2D eigenvalue weighted by Gasteiger charge is 2.32. The Morgan fingerprint density at radius 1 is 0.920 bits per heavy atom. The molecule has 1 fully saturated rings. The second-order valence-corrected chi connectivity index (χ2v) is 6.39. The fraction of sp³-hybridized carbons (Fsp3) is 0.429. The van der Waals surface area contributed by atoms with Crippen LogP contribution in [0.25, 0.3) is 0 Å². The first kappa shape index (κ1) is 18.1. The number of benzene rings is 2. The van der Waals surface area contributed by atoms with Gasteiger partial charge in [0, 0.05) is 0 Å². The summed E-state index contributed by atoms with van der Waals surface area (Å²) in [5, 5.41) is 9.64. The molecule has 2 aromatic carbocycles. The van der Waals surface area contributed by atoms with Crippen LogP contribution in [-0.2, 0) is 27.4 Å². The summed E-state index contributed by atoms with van der Waals surface area (Å²) < 4.78 is 17.7. The van der Waals surface area contributed by atoms with E-state index in [4.69, 9.17) is 14.2 Å². The van der Waals surface area contributed by atoms with Crippen LogP contribution >= 0.6 is 0 Å². The van der Waals surface area contributed by atoms with Crippen LogP contribution in [0.3, 0.4) is 0 Å². The van der Waals surface area contributed by atoms with E-state index < -0.39 is 0 Å². The van der Waals surface area contributed by atoms with Gasteiger partial charge in [-0.05, 0) is 24.0 Å². The molecule has 1 N–H and O–H groups in total. The predicted molar refractivity (Wildman–Crippen MR) is 96.1 cm³/mol. The molecule has 134 valence electrons. The Morgan fingerprint density at radius 2 is 1.56 bits per heavy atom. The quantitative estimate of drug-likeness (QED) is 0.759. The number of ether oxygens (including phenoxy) is 3. The second-order valence-electron chi connectivity index (χ2n) is 6.39. The van der Waals surface area contributed by atoms with E-state index in [1.54, 1.807) is 0 Å². The average molecular weight is 342 g/mol. The lowest BCUT2D eigenvalue weighted by molar-refractivity contribution is -0.106. The van der Waals surface area contributed by atoms with Crippen LogP contribution < -0.4 is 0 Å². The van der Waals surface area contributed by atoms with Gasteiger partial charge in [0.15, 0.2) is 0 Å². The van der Waals surface area contributed by atoms with E-state index >= 15 is 0 Å². The third kappa shape index (κ3) is 5.65. The summed E-state index contributed by atoms with van der Waals surface area (Å²) in [5.41, 5.74) is 2.26. The van der Waals surface area contributed by atoms with Crippen LogP contribution in [-0.4, -0.2) is 36.6 Å². The summed E-state index contributed by atoms with van der Waals surface area (Å²) in [6, 6.07) is 20.1.